The van der Waals surface area contributed by atoms with Crippen molar-refractivity contribution in [3.63, 3.8) is 0 Å². The molecular weight excluding hydrogens is 240 g/mol. The maximum atomic E-state index is 11.5. The Labute approximate surface area is 104 Å². The first kappa shape index (κ1) is 13.6. The van der Waals surface area contributed by atoms with Gasteiger partial charge < -0.3 is 10.0 Å². The Morgan fingerprint density at radius 3 is 2.59 bits per heavy atom. The molecule has 0 saturated heterocycles. The van der Waals surface area contributed by atoms with Gasteiger partial charge in [0.2, 0.25) is 5.91 Å². The largest absolute Gasteiger partial charge is 0.479 e. The molecule has 17 heavy (non-hydrogen) atoms. The van der Waals surface area contributed by atoms with Gasteiger partial charge in [-0.25, -0.2) is 9.78 Å². The van der Waals surface area contributed by atoms with Crippen LogP contribution in [0.5, 0.6) is 0 Å². The van der Waals surface area contributed by atoms with Crippen LogP contribution in [0, 0.1) is 6.92 Å². The van der Waals surface area contributed by atoms with E-state index in [-0.39, 0.29) is 5.91 Å². The summed E-state index contributed by atoms with van der Waals surface area (Å²) in [6.07, 6.45) is 0.723. The predicted molar refractivity (Wildman–Crippen MR) is 64.9 cm³/mol. The van der Waals surface area contributed by atoms with Crippen molar-refractivity contribution in [3.05, 3.63) is 16.1 Å². The Balaban J connectivity index is 3.12. The summed E-state index contributed by atoms with van der Waals surface area (Å²) in [5, 5.41) is 9.30. The third-order valence-electron chi connectivity index (χ3n) is 2.45. The summed E-state index contributed by atoms with van der Waals surface area (Å²) in [7, 11) is 0. The average molecular weight is 256 g/mol. The first-order chi connectivity index (χ1) is 7.99. The van der Waals surface area contributed by atoms with E-state index in [9.17, 15) is 14.7 Å². The van der Waals surface area contributed by atoms with Gasteiger partial charge in [0.1, 0.15) is 0 Å². The molecule has 0 aromatic carbocycles. The van der Waals surface area contributed by atoms with Crippen LogP contribution < -0.4 is 0 Å². The number of carbonyl (C=O) groups is 2. The summed E-state index contributed by atoms with van der Waals surface area (Å²) >= 11 is 1.27. The van der Waals surface area contributed by atoms with E-state index in [4.69, 9.17) is 0 Å². The van der Waals surface area contributed by atoms with E-state index in [0.29, 0.717) is 17.1 Å². The molecule has 1 aromatic heterocycles. The Morgan fingerprint density at radius 1 is 1.59 bits per heavy atom. The Hall–Kier alpha value is -1.43. The molecule has 0 bridgehead atoms. The van der Waals surface area contributed by atoms with E-state index in [1.54, 1.807) is 12.4 Å². The molecular formula is C11H16N2O3S. The van der Waals surface area contributed by atoms with Gasteiger partial charge in [0.15, 0.2) is 6.04 Å². The van der Waals surface area contributed by atoms with E-state index in [1.807, 2.05) is 6.92 Å². The van der Waals surface area contributed by atoms with E-state index in [2.05, 4.69) is 4.98 Å². The van der Waals surface area contributed by atoms with Crippen LogP contribution in [0.4, 0.5) is 0 Å². The molecule has 6 heteroatoms. The minimum absolute atomic E-state index is 0.230. The second-order valence-corrected chi connectivity index (χ2v) is 4.64. The first-order valence-electron chi connectivity index (χ1n) is 5.39. The van der Waals surface area contributed by atoms with E-state index < -0.39 is 12.0 Å². The summed E-state index contributed by atoms with van der Waals surface area (Å²) in [6.45, 7) is 5.49. The average Bonchev–Trinajstić information content (AvgIpc) is 2.63. The summed E-state index contributed by atoms with van der Waals surface area (Å²) in [4.78, 5) is 28.9. The van der Waals surface area contributed by atoms with Gasteiger partial charge in [0.05, 0.1) is 16.1 Å². The molecule has 1 aromatic rings. The predicted octanol–water partition coefficient (Wildman–Crippen LogP) is 1.84. The number of carboxylic acid groups (broad SMARTS) is 1. The number of rotatable bonds is 5. The number of carboxylic acids is 1. The zero-order valence-corrected chi connectivity index (χ0v) is 11.0. The molecule has 0 aliphatic rings. The molecule has 1 rings (SSSR count). The quantitative estimate of drug-likeness (QED) is 0.872. The SMILES string of the molecule is CCCN(C(C)=O)C(C(=O)O)c1scnc1C. The summed E-state index contributed by atoms with van der Waals surface area (Å²) in [6, 6.07) is -0.917. The third kappa shape index (κ3) is 3.03. The number of thiazole rings is 1. The van der Waals surface area contributed by atoms with Gasteiger partial charge in [-0.1, -0.05) is 6.92 Å². The number of aromatic nitrogens is 1. The lowest BCUT2D eigenvalue weighted by Gasteiger charge is -2.27. The molecule has 1 N–H and O–H groups in total. The fourth-order valence-electron chi connectivity index (χ4n) is 1.67. The monoisotopic (exact) mass is 256 g/mol. The smallest absolute Gasteiger partial charge is 0.332 e. The summed E-state index contributed by atoms with van der Waals surface area (Å²) < 4.78 is 0. The van der Waals surface area contributed by atoms with Gasteiger partial charge in [0.25, 0.3) is 0 Å². The number of aliphatic carboxylic acids is 1. The van der Waals surface area contributed by atoms with Gasteiger partial charge in [-0.3, -0.25) is 4.79 Å². The van der Waals surface area contributed by atoms with Crippen molar-refractivity contribution in [2.75, 3.05) is 6.54 Å². The molecule has 0 fully saturated rings. The molecule has 0 spiro atoms. The van der Waals surface area contributed by atoms with Gasteiger partial charge in [-0.05, 0) is 13.3 Å². The number of hydrogen-bond donors (Lipinski definition) is 1. The molecule has 1 atom stereocenters. The minimum atomic E-state index is -1.01. The van der Waals surface area contributed by atoms with E-state index in [1.165, 1.54) is 23.2 Å². The number of hydrogen-bond acceptors (Lipinski definition) is 4. The molecule has 0 aliphatic carbocycles. The number of nitrogens with zero attached hydrogens (tertiary/aromatic N) is 2. The van der Waals surface area contributed by atoms with Gasteiger partial charge in [-0.15, -0.1) is 11.3 Å². The highest BCUT2D eigenvalue weighted by atomic mass is 32.1. The first-order valence-corrected chi connectivity index (χ1v) is 6.27. The van der Waals surface area contributed by atoms with Gasteiger partial charge >= 0.3 is 5.97 Å². The molecule has 1 amide bonds. The zero-order valence-electron chi connectivity index (χ0n) is 10.1. The molecule has 0 radical (unpaired) electrons. The van der Waals surface area contributed by atoms with Crippen LogP contribution in [-0.4, -0.2) is 33.4 Å². The topological polar surface area (TPSA) is 70.5 Å². The van der Waals surface area contributed by atoms with E-state index in [0.717, 1.165) is 6.42 Å². The highest BCUT2D eigenvalue weighted by Gasteiger charge is 2.31. The second-order valence-electron chi connectivity index (χ2n) is 3.76. The Bertz CT molecular complexity index is 417. The maximum absolute atomic E-state index is 11.5. The van der Waals surface area contributed by atoms with Crippen molar-refractivity contribution in [1.82, 2.24) is 9.88 Å². The normalized spacial score (nSPS) is 12.2. The lowest BCUT2D eigenvalue weighted by Crippen LogP contribution is -2.38. The van der Waals surface area contributed by atoms with Crippen molar-refractivity contribution in [2.24, 2.45) is 0 Å². The second kappa shape index (κ2) is 5.77. The maximum Gasteiger partial charge on any atom is 0.332 e. The summed E-state index contributed by atoms with van der Waals surface area (Å²) in [5.41, 5.74) is 2.27. The van der Waals surface area contributed by atoms with Crippen molar-refractivity contribution in [3.8, 4) is 0 Å². The minimum Gasteiger partial charge on any atom is -0.479 e. The fourth-order valence-corrected chi connectivity index (χ4v) is 2.57. The molecule has 1 unspecified atom stereocenters. The van der Waals surface area contributed by atoms with Crippen molar-refractivity contribution < 1.29 is 14.7 Å². The van der Waals surface area contributed by atoms with Crippen molar-refractivity contribution in [1.29, 1.82) is 0 Å². The zero-order chi connectivity index (χ0) is 13.0. The third-order valence-corrected chi connectivity index (χ3v) is 3.43. The molecule has 0 saturated carbocycles. The van der Waals surface area contributed by atoms with E-state index >= 15 is 0 Å². The Morgan fingerprint density at radius 2 is 2.24 bits per heavy atom. The van der Waals surface area contributed by atoms with Gasteiger partial charge in [0, 0.05) is 13.5 Å². The van der Waals surface area contributed by atoms with Crippen LogP contribution in [0.15, 0.2) is 5.51 Å². The lowest BCUT2D eigenvalue weighted by molar-refractivity contribution is -0.149. The molecule has 94 valence electrons. The highest BCUT2D eigenvalue weighted by molar-refractivity contribution is 7.10. The van der Waals surface area contributed by atoms with Crippen LogP contribution in [0.1, 0.15) is 36.9 Å². The highest BCUT2D eigenvalue weighted by Crippen LogP contribution is 2.27. The molecule has 0 aliphatic heterocycles. The van der Waals surface area contributed by atoms with Crippen LogP contribution >= 0.6 is 11.3 Å². The van der Waals surface area contributed by atoms with Crippen LogP contribution in [-0.2, 0) is 9.59 Å². The lowest BCUT2D eigenvalue weighted by atomic mass is 10.1. The standard InChI is InChI=1S/C11H16N2O3S/c1-4-5-13(8(3)14)9(11(15)16)10-7(2)12-6-17-10/h6,9H,4-5H2,1-3H3,(H,15,16). The number of aryl methyl sites for hydroxylation is 1. The van der Waals surface area contributed by atoms with Crippen LogP contribution in [0.2, 0.25) is 0 Å². The number of carbonyl (C=O) groups excluding carboxylic acids is 1. The van der Waals surface area contributed by atoms with Crippen molar-refractivity contribution in [2.45, 2.75) is 33.2 Å². The molecule has 1 heterocycles. The summed E-state index contributed by atoms with van der Waals surface area (Å²) in [5.74, 6) is -1.24. The van der Waals surface area contributed by atoms with Crippen molar-refractivity contribution >= 4 is 23.2 Å². The van der Waals surface area contributed by atoms with Crippen LogP contribution in [0.3, 0.4) is 0 Å². The van der Waals surface area contributed by atoms with Gasteiger partial charge in [-0.2, -0.15) is 0 Å². The number of amides is 1. The molecule has 5 nitrogen and oxygen atoms in total. The Kier molecular flexibility index (Phi) is 4.62. The van der Waals surface area contributed by atoms with Crippen LogP contribution in [0.25, 0.3) is 0 Å². The fraction of sp³-hybridized carbons (Fsp3) is 0.545.